The molecule has 5 heteroatoms. The van der Waals surface area contributed by atoms with E-state index in [0.717, 1.165) is 0 Å². The Bertz CT molecular complexity index is 395. The molecule has 1 aromatic rings. The normalized spacial score (nSPS) is 12.2. The Hall–Kier alpha value is -1.10. The number of aryl methyl sites for hydroxylation is 1. The first-order valence-electron chi connectivity index (χ1n) is 5.23. The minimum Gasteiger partial charge on any atom is -0.508 e. The van der Waals surface area contributed by atoms with Gasteiger partial charge in [-0.1, -0.05) is 15.9 Å². The zero-order valence-electron chi connectivity index (χ0n) is 9.45. The fourth-order valence-electron chi connectivity index (χ4n) is 1.47. The Morgan fingerprint density at radius 2 is 2.29 bits per heavy atom. The molecule has 0 saturated carbocycles. The Labute approximate surface area is 108 Å². The van der Waals surface area contributed by atoms with Crippen LogP contribution in [0.25, 0.3) is 0 Å². The van der Waals surface area contributed by atoms with E-state index in [1.165, 1.54) is 25.1 Å². The number of esters is 1. The Morgan fingerprint density at radius 3 is 2.88 bits per heavy atom. The molecule has 0 radical (unpaired) electrons. The molecule has 0 aromatic heterocycles. The highest BCUT2D eigenvalue weighted by Crippen LogP contribution is 2.20. The van der Waals surface area contributed by atoms with Crippen molar-refractivity contribution in [2.45, 2.75) is 25.9 Å². The molecular weight excluding hydrogens is 291 g/mol. The number of carbonyl (C=O) groups excluding carboxylic acids is 1. The number of alkyl halides is 1. The van der Waals surface area contributed by atoms with E-state index in [9.17, 15) is 14.3 Å². The van der Waals surface area contributed by atoms with Crippen LogP contribution >= 0.6 is 15.9 Å². The fraction of sp³-hybridized carbons (Fsp3) is 0.417. The summed E-state index contributed by atoms with van der Waals surface area (Å²) in [5.41, 5.74) is 0.517. The van der Waals surface area contributed by atoms with Crippen LogP contribution in [0.3, 0.4) is 0 Å². The molecule has 0 aliphatic carbocycles. The second-order valence-corrected chi connectivity index (χ2v) is 4.34. The van der Waals surface area contributed by atoms with Crippen LogP contribution in [-0.4, -0.2) is 22.5 Å². The highest BCUT2D eigenvalue weighted by molar-refractivity contribution is 9.09. The van der Waals surface area contributed by atoms with Crippen LogP contribution < -0.4 is 0 Å². The van der Waals surface area contributed by atoms with Gasteiger partial charge in [0, 0.05) is 12.3 Å². The number of phenolic OH excluding ortho intramolecular Hbond substituents is 1. The number of benzene rings is 1. The molecule has 94 valence electrons. The van der Waals surface area contributed by atoms with Gasteiger partial charge in [0.2, 0.25) is 0 Å². The number of ether oxygens (including phenoxy) is 1. The summed E-state index contributed by atoms with van der Waals surface area (Å²) in [6, 6.07) is 3.81. The number of rotatable bonds is 5. The largest absolute Gasteiger partial charge is 0.508 e. The van der Waals surface area contributed by atoms with Crippen molar-refractivity contribution in [3.8, 4) is 5.75 Å². The summed E-state index contributed by atoms with van der Waals surface area (Å²) in [6.07, 6.45) is 0.713. The van der Waals surface area contributed by atoms with E-state index in [2.05, 4.69) is 15.9 Å². The van der Waals surface area contributed by atoms with E-state index >= 15 is 0 Å². The van der Waals surface area contributed by atoms with Crippen molar-refractivity contribution in [1.29, 1.82) is 0 Å². The van der Waals surface area contributed by atoms with Gasteiger partial charge in [0.1, 0.15) is 17.7 Å². The molecule has 0 spiro atoms. The summed E-state index contributed by atoms with van der Waals surface area (Å²) in [5.74, 6) is -0.679. The van der Waals surface area contributed by atoms with Crippen molar-refractivity contribution < 1.29 is 19.0 Å². The zero-order chi connectivity index (χ0) is 12.8. The second-order valence-electron chi connectivity index (χ2n) is 3.70. The zero-order valence-corrected chi connectivity index (χ0v) is 11.0. The van der Waals surface area contributed by atoms with Crippen molar-refractivity contribution in [3.63, 3.8) is 0 Å². The molecule has 1 unspecified atom stereocenters. The topological polar surface area (TPSA) is 46.5 Å². The van der Waals surface area contributed by atoms with E-state index in [4.69, 9.17) is 4.74 Å². The van der Waals surface area contributed by atoms with Crippen LogP contribution in [0.1, 0.15) is 18.9 Å². The summed E-state index contributed by atoms with van der Waals surface area (Å²) < 4.78 is 18.0. The second kappa shape index (κ2) is 6.59. The maximum Gasteiger partial charge on any atom is 0.302 e. The standard InChI is InChI=1S/C12H14BrFO3/c1-8(15)17-11(7-13)4-2-9-6-10(14)3-5-12(9)16/h3,5-6,11,16H,2,4,7H2,1H3. The van der Waals surface area contributed by atoms with E-state index in [-0.39, 0.29) is 23.6 Å². The third-order valence-corrected chi connectivity index (χ3v) is 3.00. The third kappa shape index (κ3) is 4.73. The lowest BCUT2D eigenvalue weighted by Crippen LogP contribution is -2.18. The van der Waals surface area contributed by atoms with Gasteiger partial charge in [-0.05, 0) is 36.6 Å². The minimum atomic E-state index is -0.388. The quantitative estimate of drug-likeness (QED) is 0.672. The lowest BCUT2D eigenvalue weighted by Gasteiger charge is -2.14. The average molecular weight is 305 g/mol. The van der Waals surface area contributed by atoms with Gasteiger partial charge in [0.15, 0.2) is 0 Å². The maximum atomic E-state index is 13.0. The lowest BCUT2D eigenvalue weighted by molar-refractivity contribution is -0.145. The van der Waals surface area contributed by atoms with Crippen molar-refractivity contribution in [3.05, 3.63) is 29.6 Å². The molecule has 1 N–H and O–H groups in total. The summed E-state index contributed by atoms with van der Waals surface area (Å²) in [6.45, 7) is 1.34. The number of hydrogen-bond acceptors (Lipinski definition) is 3. The molecule has 0 amide bonds. The molecule has 1 rings (SSSR count). The monoisotopic (exact) mass is 304 g/mol. The van der Waals surface area contributed by atoms with Gasteiger partial charge in [0.25, 0.3) is 0 Å². The predicted molar refractivity (Wildman–Crippen MR) is 65.7 cm³/mol. The minimum absolute atomic E-state index is 0.0579. The average Bonchev–Trinajstić information content (AvgIpc) is 2.28. The van der Waals surface area contributed by atoms with Gasteiger partial charge < -0.3 is 9.84 Å². The first-order valence-corrected chi connectivity index (χ1v) is 6.35. The van der Waals surface area contributed by atoms with Crippen LogP contribution in [0.5, 0.6) is 5.75 Å². The SMILES string of the molecule is CC(=O)OC(CBr)CCc1cc(F)ccc1O. The Kier molecular flexibility index (Phi) is 5.41. The first-order chi connectivity index (χ1) is 8.02. The number of aromatic hydroxyl groups is 1. The molecule has 0 saturated heterocycles. The van der Waals surface area contributed by atoms with E-state index in [1.54, 1.807) is 0 Å². The Balaban J connectivity index is 2.59. The summed E-state index contributed by atoms with van der Waals surface area (Å²) >= 11 is 3.24. The van der Waals surface area contributed by atoms with E-state index in [1.807, 2.05) is 0 Å². The van der Waals surface area contributed by atoms with Gasteiger partial charge in [-0.15, -0.1) is 0 Å². The molecule has 0 aliphatic heterocycles. The number of carbonyl (C=O) groups is 1. The lowest BCUT2D eigenvalue weighted by atomic mass is 10.1. The number of phenols is 1. The van der Waals surface area contributed by atoms with E-state index < -0.39 is 0 Å². The number of hydrogen-bond donors (Lipinski definition) is 1. The highest BCUT2D eigenvalue weighted by atomic mass is 79.9. The van der Waals surface area contributed by atoms with Crippen molar-refractivity contribution in [2.75, 3.05) is 5.33 Å². The molecule has 3 nitrogen and oxygen atoms in total. The summed E-state index contributed by atoms with van der Waals surface area (Å²) in [7, 11) is 0. The first kappa shape index (κ1) is 14.0. The van der Waals surface area contributed by atoms with Crippen LogP contribution in [0.2, 0.25) is 0 Å². The van der Waals surface area contributed by atoms with Gasteiger partial charge in [0.05, 0.1) is 0 Å². The highest BCUT2D eigenvalue weighted by Gasteiger charge is 2.12. The van der Waals surface area contributed by atoms with Crippen molar-refractivity contribution >= 4 is 21.9 Å². The van der Waals surface area contributed by atoms with Crippen LogP contribution in [0.15, 0.2) is 18.2 Å². The molecule has 17 heavy (non-hydrogen) atoms. The summed E-state index contributed by atoms with van der Waals surface area (Å²) in [5, 5.41) is 10.0. The van der Waals surface area contributed by atoms with E-state index in [0.29, 0.717) is 23.7 Å². The molecule has 0 bridgehead atoms. The van der Waals surface area contributed by atoms with Gasteiger partial charge in [-0.25, -0.2) is 4.39 Å². The predicted octanol–water partition coefficient (Wildman–Crippen LogP) is 2.79. The van der Waals surface area contributed by atoms with Crippen LogP contribution in [-0.2, 0) is 16.0 Å². The van der Waals surface area contributed by atoms with Gasteiger partial charge in [-0.2, -0.15) is 0 Å². The van der Waals surface area contributed by atoms with Crippen LogP contribution in [0, 0.1) is 5.82 Å². The molecule has 1 aromatic carbocycles. The van der Waals surface area contributed by atoms with Gasteiger partial charge in [-0.3, -0.25) is 4.79 Å². The number of halogens is 2. The molecular formula is C12H14BrFO3. The van der Waals surface area contributed by atoms with Crippen molar-refractivity contribution in [2.24, 2.45) is 0 Å². The molecule has 1 atom stereocenters. The smallest absolute Gasteiger partial charge is 0.302 e. The molecule has 0 heterocycles. The fourth-order valence-corrected chi connectivity index (χ4v) is 1.93. The molecule has 0 fully saturated rings. The van der Waals surface area contributed by atoms with Crippen LogP contribution in [0.4, 0.5) is 4.39 Å². The van der Waals surface area contributed by atoms with Gasteiger partial charge >= 0.3 is 5.97 Å². The van der Waals surface area contributed by atoms with Crippen molar-refractivity contribution in [1.82, 2.24) is 0 Å². The summed E-state index contributed by atoms with van der Waals surface area (Å²) in [4.78, 5) is 10.8. The third-order valence-electron chi connectivity index (χ3n) is 2.28. The Morgan fingerprint density at radius 1 is 1.59 bits per heavy atom. The molecule has 0 aliphatic rings. The maximum absolute atomic E-state index is 13.0.